The lowest BCUT2D eigenvalue weighted by Gasteiger charge is -2.46. The monoisotopic (exact) mass is 393 g/mol. The third-order valence-corrected chi connectivity index (χ3v) is 7.02. The normalized spacial score (nSPS) is 25.8. The summed E-state index contributed by atoms with van der Waals surface area (Å²) < 4.78 is 6.55. The third kappa shape index (κ3) is 2.81. The highest BCUT2D eigenvalue weighted by atomic mass is 32.2. The maximum atomic E-state index is 12.6. The van der Waals surface area contributed by atoms with Gasteiger partial charge in [-0.2, -0.15) is 0 Å². The van der Waals surface area contributed by atoms with Crippen LogP contribution in [0.15, 0.2) is 65.2 Å². The number of Topliss-reactive ketones (excluding diaryl/α,β-unsaturated/α-hetero) is 2. The highest BCUT2D eigenvalue weighted by Crippen LogP contribution is 2.47. The topological polar surface area (TPSA) is 72.4 Å². The molecular formula is C21H19N3O3S. The van der Waals surface area contributed by atoms with Crippen LogP contribution in [-0.4, -0.2) is 46.0 Å². The number of carbonyl (C=O) groups excluding carboxylic acids is 2. The van der Waals surface area contributed by atoms with Crippen molar-refractivity contribution < 1.29 is 14.3 Å². The fourth-order valence-corrected chi connectivity index (χ4v) is 5.39. The summed E-state index contributed by atoms with van der Waals surface area (Å²) in [6.45, 7) is 1.64. The van der Waals surface area contributed by atoms with Crippen molar-refractivity contribution in [1.29, 1.82) is 0 Å². The number of fused-ring (bicyclic) bond motifs is 2. The van der Waals surface area contributed by atoms with E-state index in [1.165, 1.54) is 11.8 Å². The van der Waals surface area contributed by atoms with Crippen LogP contribution in [0.5, 0.6) is 0 Å². The quantitative estimate of drug-likeness (QED) is 0.679. The van der Waals surface area contributed by atoms with Gasteiger partial charge in [-0.05, 0) is 0 Å². The highest BCUT2D eigenvalue weighted by Gasteiger charge is 2.48. The first-order valence-corrected chi connectivity index (χ1v) is 10.4. The second kappa shape index (κ2) is 6.74. The second-order valence-electron chi connectivity index (χ2n) is 7.35. The van der Waals surface area contributed by atoms with E-state index in [9.17, 15) is 9.59 Å². The van der Waals surface area contributed by atoms with Crippen molar-refractivity contribution >= 4 is 29.1 Å². The average Bonchev–Trinajstić information content (AvgIpc) is 3.00. The molecule has 1 atom stereocenters. The van der Waals surface area contributed by atoms with Gasteiger partial charge in [0.1, 0.15) is 17.2 Å². The molecule has 142 valence electrons. The lowest BCUT2D eigenvalue weighted by molar-refractivity contribution is -0.133. The number of carbonyl (C=O) groups is 2. The van der Waals surface area contributed by atoms with Crippen molar-refractivity contribution in [1.82, 2.24) is 9.97 Å². The van der Waals surface area contributed by atoms with E-state index in [0.717, 1.165) is 31.7 Å². The Labute approximate surface area is 167 Å². The molecule has 2 aliphatic heterocycles. The van der Waals surface area contributed by atoms with Crippen LogP contribution in [0.2, 0.25) is 0 Å². The maximum Gasteiger partial charge on any atom is 0.242 e. The van der Waals surface area contributed by atoms with Crippen molar-refractivity contribution in [2.45, 2.75) is 18.4 Å². The van der Waals surface area contributed by atoms with E-state index in [2.05, 4.69) is 14.9 Å². The summed E-state index contributed by atoms with van der Waals surface area (Å²) in [6, 6.07) is 0. The number of piperidine rings is 1. The molecule has 1 saturated heterocycles. The number of rotatable bonds is 1. The number of allylic oxidation sites excluding steroid dienone is 6. The Morgan fingerprint density at radius 2 is 1.96 bits per heavy atom. The maximum absolute atomic E-state index is 12.6. The fraction of sp³-hybridized carbons (Fsp3) is 0.333. The molecule has 3 heterocycles. The SMILES string of the molecule is O=C1C(=O)C2=C(OC3(CCN(c4cnccn4)CC3)CS2)C2C=CC=CC=C12. The van der Waals surface area contributed by atoms with Gasteiger partial charge >= 0.3 is 0 Å². The number of aromatic nitrogens is 2. The number of hydrogen-bond donors (Lipinski definition) is 0. The Balaban J connectivity index is 1.41. The molecule has 2 aliphatic carbocycles. The van der Waals surface area contributed by atoms with Gasteiger partial charge < -0.3 is 9.64 Å². The summed E-state index contributed by atoms with van der Waals surface area (Å²) in [4.78, 5) is 36.4. The van der Waals surface area contributed by atoms with Crippen molar-refractivity contribution in [3.05, 3.63) is 65.2 Å². The Hall–Kier alpha value is -2.67. The van der Waals surface area contributed by atoms with Crippen molar-refractivity contribution in [3.63, 3.8) is 0 Å². The average molecular weight is 393 g/mol. The smallest absolute Gasteiger partial charge is 0.242 e. The first kappa shape index (κ1) is 17.4. The second-order valence-corrected chi connectivity index (χ2v) is 8.33. The Kier molecular flexibility index (Phi) is 4.19. The van der Waals surface area contributed by atoms with Crippen LogP contribution in [0.25, 0.3) is 0 Å². The van der Waals surface area contributed by atoms with Crippen LogP contribution in [0, 0.1) is 5.92 Å². The first-order chi connectivity index (χ1) is 13.7. The molecule has 0 N–H and O–H groups in total. The molecule has 1 aromatic heterocycles. The van der Waals surface area contributed by atoms with Gasteiger partial charge in [0.2, 0.25) is 11.6 Å². The zero-order chi connectivity index (χ0) is 19.1. The molecule has 6 nitrogen and oxygen atoms in total. The molecule has 0 aromatic carbocycles. The summed E-state index contributed by atoms with van der Waals surface area (Å²) >= 11 is 1.48. The lowest BCUT2D eigenvalue weighted by atomic mass is 9.84. The first-order valence-electron chi connectivity index (χ1n) is 9.38. The Morgan fingerprint density at radius 1 is 1.11 bits per heavy atom. The Bertz CT molecular complexity index is 956. The summed E-state index contributed by atoms with van der Waals surface area (Å²) in [5.74, 6) is 1.09. The molecular weight excluding hydrogens is 374 g/mol. The number of anilines is 1. The van der Waals surface area contributed by atoms with Gasteiger partial charge in [0, 0.05) is 49.7 Å². The minimum Gasteiger partial charge on any atom is -0.488 e. The van der Waals surface area contributed by atoms with Gasteiger partial charge in [0.15, 0.2) is 0 Å². The van der Waals surface area contributed by atoms with Crippen LogP contribution >= 0.6 is 11.8 Å². The number of nitrogens with zero attached hydrogens (tertiary/aromatic N) is 3. The molecule has 28 heavy (non-hydrogen) atoms. The van der Waals surface area contributed by atoms with E-state index in [0.29, 0.717) is 22.0 Å². The summed E-state index contributed by atoms with van der Waals surface area (Å²) in [7, 11) is 0. The molecule has 7 heteroatoms. The molecule has 5 rings (SSSR count). The van der Waals surface area contributed by atoms with Crippen LogP contribution in [-0.2, 0) is 14.3 Å². The molecule has 1 aromatic rings. The van der Waals surface area contributed by atoms with Gasteiger partial charge in [-0.25, -0.2) is 4.98 Å². The third-order valence-electron chi connectivity index (χ3n) is 5.67. The van der Waals surface area contributed by atoms with Gasteiger partial charge in [-0.3, -0.25) is 14.6 Å². The molecule has 4 aliphatic rings. The summed E-state index contributed by atoms with van der Waals surface area (Å²) in [6.07, 6.45) is 16.1. The summed E-state index contributed by atoms with van der Waals surface area (Å²) in [5.41, 5.74) is 0.185. The van der Waals surface area contributed by atoms with Gasteiger partial charge in [0.25, 0.3) is 0 Å². The fourth-order valence-electron chi connectivity index (χ4n) is 4.10. The van der Waals surface area contributed by atoms with Crippen molar-refractivity contribution in [2.75, 3.05) is 23.7 Å². The molecule has 1 fully saturated rings. The number of hydrogen-bond acceptors (Lipinski definition) is 7. The highest BCUT2D eigenvalue weighted by molar-refractivity contribution is 8.04. The standard InChI is InChI=1S/C21H19N3O3S/c25-17-14-4-2-1-3-5-15(14)19-20(18(17)26)28-13-21(27-19)6-10-24(11-7-21)16-12-22-8-9-23-16/h1-5,8-9,12,15H,6-7,10-11,13H2. The van der Waals surface area contributed by atoms with Crippen molar-refractivity contribution in [2.24, 2.45) is 5.92 Å². The molecule has 0 radical (unpaired) electrons. The van der Waals surface area contributed by atoms with Crippen LogP contribution < -0.4 is 4.90 Å². The van der Waals surface area contributed by atoms with E-state index in [1.54, 1.807) is 30.7 Å². The summed E-state index contributed by atoms with van der Waals surface area (Å²) in [5, 5.41) is 0. The van der Waals surface area contributed by atoms with Crippen LogP contribution in [0.1, 0.15) is 12.8 Å². The largest absolute Gasteiger partial charge is 0.488 e. The molecule has 0 bridgehead atoms. The predicted molar refractivity (Wildman–Crippen MR) is 107 cm³/mol. The minimum atomic E-state index is -0.432. The van der Waals surface area contributed by atoms with Crippen LogP contribution in [0.3, 0.4) is 0 Å². The van der Waals surface area contributed by atoms with Gasteiger partial charge in [-0.15, -0.1) is 11.8 Å². The number of ether oxygens (including phenoxy) is 1. The number of ketones is 2. The van der Waals surface area contributed by atoms with Crippen molar-refractivity contribution in [3.8, 4) is 0 Å². The van der Waals surface area contributed by atoms with E-state index in [1.807, 2.05) is 18.2 Å². The van der Waals surface area contributed by atoms with E-state index in [-0.39, 0.29) is 11.5 Å². The van der Waals surface area contributed by atoms with Gasteiger partial charge in [-0.1, -0.05) is 30.4 Å². The molecule has 1 unspecified atom stereocenters. The molecule has 1 spiro atoms. The van der Waals surface area contributed by atoms with E-state index in [4.69, 9.17) is 4.74 Å². The van der Waals surface area contributed by atoms with Gasteiger partial charge in [0.05, 0.1) is 17.0 Å². The number of thioether (sulfide) groups is 1. The lowest BCUT2D eigenvalue weighted by Crippen LogP contribution is -2.51. The minimum absolute atomic E-state index is 0.280. The van der Waals surface area contributed by atoms with E-state index >= 15 is 0 Å². The van der Waals surface area contributed by atoms with Crippen LogP contribution in [0.4, 0.5) is 5.82 Å². The molecule has 0 amide bonds. The van der Waals surface area contributed by atoms with E-state index < -0.39 is 11.6 Å². The zero-order valence-corrected chi connectivity index (χ0v) is 16.0. The zero-order valence-electron chi connectivity index (χ0n) is 15.2. The molecule has 0 saturated carbocycles. The Morgan fingerprint density at radius 3 is 2.75 bits per heavy atom. The predicted octanol–water partition coefficient (Wildman–Crippen LogP) is 2.61.